The molecular formula is C44H28F6. The third-order valence-electron chi connectivity index (χ3n) is 9.61. The zero-order chi connectivity index (χ0) is 34.9. The molecule has 0 saturated heterocycles. The van der Waals surface area contributed by atoms with Gasteiger partial charge in [0.05, 0.1) is 11.1 Å². The van der Waals surface area contributed by atoms with Crippen LogP contribution in [0.4, 0.5) is 26.3 Å². The average molecular weight is 671 g/mol. The van der Waals surface area contributed by atoms with Crippen LogP contribution in [0.1, 0.15) is 22.3 Å². The van der Waals surface area contributed by atoms with E-state index in [1.807, 2.05) is 62.4 Å². The molecule has 0 aromatic heterocycles. The number of hydrogen-bond donors (Lipinski definition) is 0. The second kappa shape index (κ2) is 11.5. The summed E-state index contributed by atoms with van der Waals surface area (Å²) in [6.45, 7) is 4.05. The van der Waals surface area contributed by atoms with Crippen molar-refractivity contribution in [2.45, 2.75) is 26.2 Å². The Balaban J connectivity index is 1.56. The highest BCUT2D eigenvalue weighted by molar-refractivity contribution is 6.31. The van der Waals surface area contributed by atoms with Crippen LogP contribution in [-0.2, 0) is 12.4 Å². The minimum atomic E-state index is -4.98. The van der Waals surface area contributed by atoms with E-state index < -0.39 is 23.5 Å². The van der Waals surface area contributed by atoms with Gasteiger partial charge in [-0.3, -0.25) is 0 Å². The Morgan fingerprint density at radius 2 is 0.680 bits per heavy atom. The van der Waals surface area contributed by atoms with Gasteiger partial charge in [-0.25, -0.2) is 0 Å². The van der Waals surface area contributed by atoms with Crippen molar-refractivity contribution in [3.05, 3.63) is 156 Å². The summed E-state index contributed by atoms with van der Waals surface area (Å²) in [7, 11) is 0. The molecule has 0 N–H and O–H groups in total. The normalized spacial score (nSPS) is 12.4. The Morgan fingerprint density at radius 1 is 0.340 bits per heavy atom. The Kier molecular flexibility index (Phi) is 7.26. The first-order chi connectivity index (χ1) is 23.9. The van der Waals surface area contributed by atoms with E-state index in [1.54, 1.807) is 6.07 Å². The average Bonchev–Trinajstić information content (AvgIpc) is 3.10. The first-order valence-corrected chi connectivity index (χ1v) is 16.1. The lowest BCUT2D eigenvalue weighted by Crippen LogP contribution is -2.11. The minimum Gasteiger partial charge on any atom is -0.166 e. The lowest BCUT2D eigenvalue weighted by atomic mass is 9.81. The van der Waals surface area contributed by atoms with E-state index in [1.165, 1.54) is 0 Å². The minimum absolute atomic E-state index is 0.153. The van der Waals surface area contributed by atoms with Crippen LogP contribution in [-0.4, -0.2) is 0 Å². The van der Waals surface area contributed by atoms with E-state index in [4.69, 9.17) is 0 Å². The van der Waals surface area contributed by atoms with Gasteiger partial charge in [0, 0.05) is 0 Å². The Bertz CT molecular complexity index is 2440. The molecule has 0 bridgehead atoms. The molecule has 0 radical (unpaired) electrons. The summed E-state index contributed by atoms with van der Waals surface area (Å²) < 4.78 is 84.8. The number of hydrogen-bond acceptors (Lipinski definition) is 0. The first kappa shape index (κ1) is 31.6. The van der Waals surface area contributed by atoms with E-state index in [-0.39, 0.29) is 11.6 Å². The molecule has 0 heterocycles. The van der Waals surface area contributed by atoms with Crippen molar-refractivity contribution in [1.82, 2.24) is 0 Å². The van der Waals surface area contributed by atoms with Crippen molar-refractivity contribution in [2.24, 2.45) is 0 Å². The summed E-state index contributed by atoms with van der Waals surface area (Å²) in [6.07, 6.45) is -9.96. The maximum absolute atomic E-state index is 14.1. The molecule has 8 aromatic rings. The maximum Gasteiger partial charge on any atom is 0.416 e. The molecule has 0 aliphatic carbocycles. The van der Waals surface area contributed by atoms with Gasteiger partial charge >= 0.3 is 12.4 Å². The summed E-state index contributed by atoms with van der Waals surface area (Å²) in [4.78, 5) is 0. The summed E-state index contributed by atoms with van der Waals surface area (Å²) in [5.41, 5.74) is 5.13. The standard InChI is InChI=1S/C44H28F6/c1-25-8-12-28(13-9-25)38-23-39(29-14-10-26(2)11-15-29)35-18-19-36-40(30-20-31(43(45,46)47)22-32(21-30)44(48,49)50)24-37(27-6-4-3-5-7-27)33-16-17-34(38)41(35)42(33)36/h3-24H,1-2H3. The predicted molar refractivity (Wildman–Crippen MR) is 191 cm³/mol. The fraction of sp³-hybridized carbons (Fsp3) is 0.0909. The summed E-state index contributed by atoms with van der Waals surface area (Å²) in [5, 5.41) is 4.98. The van der Waals surface area contributed by atoms with Gasteiger partial charge in [0.25, 0.3) is 0 Å². The van der Waals surface area contributed by atoms with E-state index in [0.29, 0.717) is 16.5 Å². The van der Waals surface area contributed by atoms with Crippen molar-refractivity contribution in [3.63, 3.8) is 0 Å². The number of aryl methyl sites for hydroxylation is 2. The van der Waals surface area contributed by atoms with Gasteiger partial charge in [-0.05, 0) is 121 Å². The van der Waals surface area contributed by atoms with Gasteiger partial charge < -0.3 is 0 Å². The molecule has 0 aliphatic rings. The van der Waals surface area contributed by atoms with E-state index in [2.05, 4.69) is 60.7 Å². The summed E-state index contributed by atoms with van der Waals surface area (Å²) in [6, 6.07) is 39.5. The van der Waals surface area contributed by atoms with Crippen molar-refractivity contribution in [1.29, 1.82) is 0 Å². The van der Waals surface area contributed by atoms with Crippen LogP contribution in [0.5, 0.6) is 0 Å². The topological polar surface area (TPSA) is 0 Å². The molecular weight excluding hydrogens is 642 g/mol. The second-order valence-electron chi connectivity index (χ2n) is 12.9. The van der Waals surface area contributed by atoms with Crippen molar-refractivity contribution in [2.75, 3.05) is 0 Å². The monoisotopic (exact) mass is 670 g/mol. The fourth-order valence-corrected chi connectivity index (χ4v) is 7.14. The first-order valence-electron chi connectivity index (χ1n) is 16.1. The number of benzene rings is 8. The van der Waals surface area contributed by atoms with Crippen molar-refractivity contribution < 1.29 is 26.3 Å². The van der Waals surface area contributed by atoms with Crippen LogP contribution < -0.4 is 0 Å². The van der Waals surface area contributed by atoms with Gasteiger partial charge in [-0.2, -0.15) is 26.3 Å². The molecule has 246 valence electrons. The van der Waals surface area contributed by atoms with E-state index >= 15 is 0 Å². The Labute approximate surface area is 284 Å². The van der Waals surface area contributed by atoms with Crippen molar-refractivity contribution in [3.8, 4) is 44.5 Å². The quantitative estimate of drug-likeness (QED) is 0.129. The van der Waals surface area contributed by atoms with Crippen molar-refractivity contribution >= 4 is 32.3 Å². The molecule has 6 heteroatoms. The smallest absolute Gasteiger partial charge is 0.166 e. The van der Waals surface area contributed by atoms with Crippen LogP contribution in [0.15, 0.2) is 133 Å². The highest BCUT2D eigenvalue weighted by Crippen LogP contribution is 2.49. The van der Waals surface area contributed by atoms with Crippen LogP contribution in [0, 0.1) is 13.8 Å². The lowest BCUT2D eigenvalue weighted by molar-refractivity contribution is -0.143. The van der Waals surface area contributed by atoms with E-state index in [0.717, 1.165) is 78.0 Å². The molecule has 8 aromatic carbocycles. The van der Waals surface area contributed by atoms with Gasteiger partial charge in [-0.15, -0.1) is 0 Å². The zero-order valence-corrected chi connectivity index (χ0v) is 27.0. The molecule has 8 rings (SSSR count). The Morgan fingerprint density at radius 3 is 1.04 bits per heavy atom. The predicted octanol–water partition coefficient (Wildman–Crippen LogP) is 13.9. The Hall–Kier alpha value is -5.62. The summed E-state index contributed by atoms with van der Waals surface area (Å²) in [5.74, 6) is 0. The highest BCUT2D eigenvalue weighted by Gasteiger charge is 2.37. The number of rotatable bonds is 4. The van der Waals surface area contributed by atoms with Gasteiger partial charge in [0.15, 0.2) is 0 Å². The van der Waals surface area contributed by atoms with E-state index in [9.17, 15) is 26.3 Å². The molecule has 0 aliphatic heterocycles. The van der Waals surface area contributed by atoms with Crippen LogP contribution >= 0.6 is 0 Å². The molecule has 50 heavy (non-hydrogen) atoms. The summed E-state index contributed by atoms with van der Waals surface area (Å²) >= 11 is 0. The van der Waals surface area contributed by atoms with Crippen LogP contribution in [0.25, 0.3) is 76.8 Å². The fourth-order valence-electron chi connectivity index (χ4n) is 7.14. The molecule has 0 fully saturated rings. The second-order valence-corrected chi connectivity index (χ2v) is 12.9. The molecule has 0 amide bonds. The third kappa shape index (κ3) is 5.36. The lowest BCUT2D eigenvalue weighted by Gasteiger charge is -2.22. The SMILES string of the molecule is Cc1ccc(-c2cc(-c3ccc(C)cc3)c3ccc4c(-c5cc(C(F)(F)F)cc(C(F)(F)F)c5)cc(-c5ccccc5)c5ccc2c3c54)cc1. The molecule has 0 spiro atoms. The third-order valence-corrected chi connectivity index (χ3v) is 9.61. The van der Waals surface area contributed by atoms with Crippen LogP contribution in [0.2, 0.25) is 0 Å². The number of halogens is 6. The molecule has 0 saturated carbocycles. The number of alkyl halides is 6. The van der Waals surface area contributed by atoms with Crippen LogP contribution in [0.3, 0.4) is 0 Å². The largest absolute Gasteiger partial charge is 0.416 e. The van der Waals surface area contributed by atoms with Gasteiger partial charge in [0.2, 0.25) is 0 Å². The van der Waals surface area contributed by atoms with Gasteiger partial charge in [-0.1, -0.05) is 114 Å². The molecule has 0 unspecified atom stereocenters. The molecule has 0 nitrogen and oxygen atoms in total. The molecule has 0 atom stereocenters. The van der Waals surface area contributed by atoms with Gasteiger partial charge in [0.1, 0.15) is 0 Å². The highest BCUT2D eigenvalue weighted by atomic mass is 19.4. The zero-order valence-electron chi connectivity index (χ0n) is 27.0. The maximum atomic E-state index is 14.1.